The van der Waals surface area contributed by atoms with Crippen molar-refractivity contribution in [3.05, 3.63) is 72.5 Å². The van der Waals surface area contributed by atoms with E-state index >= 15 is 0 Å². The van der Waals surface area contributed by atoms with Crippen LogP contribution in [0, 0.1) is 5.82 Å². The van der Waals surface area contributed by atoms with Gasteiger partial charge in [0.15, 0.2) is 11.5 Å². The van der Waals surface area contributed by atoms with Crippen LogP contribution in [-0.4, -0.2) is 33.6 Å². The van der Waals surface area contributed by atoms with E-state index in [9.17, 15) is 17.6 Å². The largest absolute Gasteiger partial charge is 0.495 e. The van der Waals surface area contributed by atoms with Gasteiger partial charge in [-0.25, -0.2) is 12.8 Å². The van der Waals surface area contributed by atoms with E-state index in [1.54, 1.807) is 37.3 Å². The molecule has 3 aromatic carbocycles. The summed E-state index contributed by atoms with van der Waals surface area (Å²) in [5.74, 6) is 0.226. The number of anilines is 2. The Balaban J connectivity index is 1.54. The van der Waals surface area contributed by atoms with Crippen LogP contribution in [0.4, 0.5) is 15.8 Å². The summed E-state index contributed by atoms with van der Waals surface area (Å²) in [5.41, 5.74) is 0.408. The van der Waals surface area contributed by atoms with Crippen molar-refractivity contribution in [1.29, 1.82) is 0 Å². The molecule has 0 saturated heterocycles. The molecule has 0 spiro atoms. The van der Waals surface area contributed by atoms with Crippen LogP contribution in [0.15, 0.2) is 71.6 Å². The summed E-state index contributed by atoms with van der Waals surface area (Å²) in [7, 11) is -2.64. The van der Waals surface area contributed by atoms with E-state index in [4.69, 9.17) is 14.2 Å². The van der Waals surface area contributed by atoms with Gasteiger partial charge in [0.2, 0.25) is 6.10 Å². The molecule has 2 N–H and O–H groups in total. The number of benzene rings is 3. The summed E-state index contributed by atoms with van der Waals surface area (Å²) in [5, 5.41) is 2.71. The molecular weight excluding hydrogens is 451 g/mol. The highest BCUT2D eigenvalue weighted by molar-refractivity contribution is 7.92. The van der Waals surface area contributed by atoms with Crippen molar-refractivity contribution in [2.75, 3.05) is 17.1 Å². The third-order valence-corrected chi connectivity index (χ3v) is 6.32. The zero-order valence-electron chi connectivity index (χ0n) is 17.7. The topological polar surface area (TPSA) is 103 Å². The van der Waals surface area contributed by atoms with E-state index in [0.717, 1.165) is 24.3 Å². The molecule has 1 amide bonds. The van der Waals surface area contributed by atoms with Crippen molar-refractivity contribution in [2.24, 2.45) is 0 Å². The maximum atomic E-state index is 13.2. The van der Waals surface area contributed by atoms with E-state index in [1.165, 1.54) is 19.2 Å². The van der Waals surface area contributed by atoms with Crippen LogP contribution in [0.25, 0.3) is 0 Å². The fraction of sp³-hybridized carbons (Fsp3) is 0.174. The fourth-order valence-electron chi connectivity index (χ4n) is 3.30. The van der Waals surface area contributed by atoms with Crippen molar-refractivity contribution in [2.45, 2.75) is 24.0 Å². The second kappa shape index (κ2) is 8.99. The summed E-state index contributed by atoms with van der Waals surface area (Å²) >= 11 is 0. The van der Waals surface area contributed by atoms with Gasteiger partial charge in [-0.15, -0.1) is 0 Å². The number of nitrogens with one attached hydrogen (secondary N) is 2. The van der Waals surface area contributed by atoms with Gasteiger partial charge in [0, 0.05) is 5.69 Å². The van der Waals surface area contributed by atoms with Crippen molar-refractivity contribution in [3.63, 3.8) is 0 Å². The molecule has 10 heteroatoms. The summed E-state index contributed by atoms with van der Waals surface area (Å²) in [6.07, 6.45) is -1.46. The number of amides is 1. The second-order valence-electron chi connectivity index (χ2n) is 7.27. The summed E-state index contributed by atoms with van der Waals surface area (Å²) in [6.45, 7) is 1.72. The molecule has 1 aliphatic rings. The fourth-order valence-corrected chi connectivity index (χ4v) is 4.36. The van der Waals surface area contributed by atoms with Gasteiger partial charge in [0.1, 0.15) is 17.7 Å². The minimum absolute atomic E-state index is 0.0961. The number of rotatable bonds is 6. The highest BCUT2D eigenvalue weighted by Crippen LogP contribution is 2.34. The molecule has 0 aliphatic carbocycles. The Labute approximate surface area is 190 Å². The van der Waals surface area contributed by atoms with E-state index < -0.39 is 34.0 Å². The normalized spacial score (nSPS) is 17.2. The quantitative estimate of drug-likeness (QED) is 0.566. The number of halogens is 1. The van der Waals surface area contributed by atoms with Crippen LogP contribution in [0.3, 0.4) is 0 Å². The Morgan fingerprint density at radius 3 is 2.33 bits per heavy atom. The van der Waals surface area contributed by atoms with Crippen LogP contribution in [0.2, 0.25) is 0 Å². The first-order valence-corrected chi connectivity index (χ1v) is 11.4. The second-order valence-corrected chi connectivity index (χ2v) is 8.95. The van der Waals surface area contributed by atoms with E-state index in [0.29, 0.717) is 17.2 Å². The molecular formula is C23H21FN2O6S. The number of fused-ring (bicyclic) bond motifs is 1. The van der Waals surface area contributed by atoms with Gasteiger partial charge in [0.05, 0.1) is 17.7 Å². The van der Waals surface area contributed by atoms with Gasteiger partial charge in [0.25, 0.3) is 15.9 Å². The SMILES string of the molecule is COc1ccc(NC(=O)[C@@H]2Oc3ccccc3O[C@H]2C)cc1NS(=O)(=O)c1ccc(F)cc1. The standard InChI is InChI=1S/C23H21FN2O6S/c1-14-22(32-21-6-4-3-5-20(21)31-14)23(27)25-16-9-12-19(30-2)18(13-16)26-33(28,29)17-10-7-15(24)8-11-17/h3-14,22,26H,1-2H3,(H,25,27)/t14-,22+/m0/s1. The van der Waals surface area contributed by atoms with Crippen LogP contribution in [0.5, 0.6) is 17.2 Å². The van der Waals surface area contributed by atoms with E-state index in [1.807, 2.05) is 0 Å². The molecule has 1 heterocycles. The van der Waals surface area contributed by atoms with Crippen molar-refractivity contribution in [1.82, 2.24) is 0 Å². The van der Waals surface area contributed by atoms with Gasteiger partial charge in [-0.05, 0) is 61.5 Å². The molecule has 3 aromatic rings. The first-order chi connectivity index (χ1) is 15.8. The summed E-state index contributed by atoms with van der Waals surface area (Å²) < 4.78 is 57.8. The smallest absolute Gasteiger partial charge is 0.269 e. The molecule has 0 aromatic heterocycles. The third kappa shape index (κ3) is 4.85. The predicted molar refractivity (Wildman–Crippen MR) is 120 cm³/mol. The number of ether oxygens (including phenoxy) is 3. The van der Waals surface area contributed by atoms with E-state index in [2.05, 4.69) is 10.0 Å². The molecule has 33 heavy (non-hydrogen) atoms. The number of sulfonamides is 1. The Morgan fingerprint density at radius 2 is 1.67 bits per heavy atom. The van der Waals surface area contributed by atoms with Crippen LogP contribution in [-0.2, 0) is 14.8 Å². The van der Waals surface area contributed by atoms with E-state index in [-0.39, 0.29) is 16.3 Å². The number of methoxy groups -OCH3 is 1. The number of carbonyl (C=O) groups excluding carboxylic acids is 1. The number of hydrogen-bond acceptors (Lipinski definition) is 6. The third-order valence-electron chi connectivity index (χ3n) is 4.94. The van der Waals surface area contributed by atoms with Crippen LogP contribution < -0.4 is 24.2 Å². The lowest BCUT2D eigenvalue weighted by molar-refractivity contribution is -0.128. The predicted octanol–water partition coefficient (Wildman–Crippen LogP) is 3.80. The summed E-state index contributed by atoms with van der Waals surface area (Å²) in [4.78, 5) is 12.7. The highest BCUT2D eigenvalue weighted by Gasteiger charge is 2.34. The molecule has 8 nitrogen and oxygen atoms in total. The average molecular weight is 472 g/mol. The monoisotopic (exact) mass is 472 g/mol. The maximum absolute atomic E-state index is 13.2. The zero-order chi connectivity index (χ0) is 23.6. The Kier molecular flexibility index (Phi) is 6.10. The molecule has 172 valence electrons. The Bertz CT molecular complexity index is 1280. The number of hydrogen-bond donors (Lipinski definition) is 2. The molecule has 0 bridgehead atoms. The highest BCUT2D eigenvalue weighted by atomic mass is 32.2. The number of carbonyl (C=O) groups is 1. The zero-order valence-corrected chi connectivity index (χ0v) is 18.6. The lowest BCUT2D eigenvalue weighted by atomic mass is 10.1. The van der Waals surface area contributed by atoms with Gasteiger partial charge in [-0.1, -0.05) is 12.1 Å². The molecule has 1 aliphatic heterocycles. The lowest BCUT2D eigenvalue weighted by Crippen LogP contribution is -2.46. The lowest BCUT2D eigenvalue weighted by Gasteiger charge is -2.31. The van der Waals surface area contributed by atoms with Gasteiger partial charge in [-0.2, -0.15) is 0 Å². The molecule has 0 fully saturated rings. The van der Waals surface area contributed by atoms with Gasteiger partial charge < -0.3 is 19.5 Å². The van der Waals surface area contributed by atoms with Gasteiger partial charge in [-0.3, -0.25) is 9.52 Å². The minimum Gasteiger partial charge on any atom is -0.495 e. The number of para-hydroxylation sites is 2. The maximum Gasteiger partial charge on any atom is 0.269 e. The van der Waals surface area contributed by atoms with Crippen LogP contribution in [0.1, 0.15) is 6.92 Å². The Hall–Kier alpha value is -3.79. The molecule has 0 saturated carbocycles. The van der Waals surface area contributed by atoms with Crippen molar-refractivity contribution < 1.29 is 31.8 Å². The molecule has 4 rings (SSSR count). The van der Waals surface area contributed by atoms with Crippen molar-refractivity contribution >= 4 is 27.3 Å². The average Bonchev–Trinajstić information content (AvgIpc) is 2.79. The van der Waals surface area contributed by atoms with Crippen molar-refractivity contribution in [3.8, 4) is 17.2 Å². The van der Waals surface area contributed by atoms with Crippen LogP contribution >= 0.6 is 0 Å². The molecule has 2 atom stereocenters. The Morgan fingerprint density at radius 1 is 1.00 bits per heavy atom. The van der Waals surface area contributed by atoms with Gasteiger partial charge >= 0.3 is 0 Å². The first-order valence-electron chi connectivity index (χ1n) is 9.96. The molecule has 0 unspecified atom stereocenters. The minimum atomic E-state index is -4.02. The first kappa shape index (κ1) is 22.4. The molecule has 0 radical (unpaired) electrons. The summed E-state index contributed by atoms with van der Waals surface area (Å²) in [6, 6.07) is 15.9.